The van der Waals surface area contributed by atoms with E-state index in [0.29, 0.717) is 17.7 Å². The second kappa shape index (κ2) is 4.69. The van der Waals surface area contributed by atoms with E-state index in [9.17, 15) is 10.1 Å². The lowest BCUT2D eigenvalue weighted by Gasteiger charge is -2.35. The van der Waals surface area contributed by atoms with Gasteiger partial charge in [0.25, 0.3) is 0 Å². The molecular formula is C12H17N3O2. The normalized spacial score (nSPS) is 24.7. The molecule has 0 N–H and O–H groups in total. The molecule has 2 heterocycles. The minimum Gasteiger partial charge on any atom is -0.350 e. The standard InChI is InChI=1S/C12H17N3O2/c1-9-6-10(2)8-14(7-9)12-11(15(16)17)4-3-5-13-12/h3-5,9-10H,6-8H2,1-2H3/t9-,10-/m0/s1. The van der Waals surface area contributed by atoms with Crippen LogP contribution in [0.15, 0.2) is 18.3 Å². The van der Waals surface area contributed by atoms with E-state index >= 15 is 0 Å². The summed E-state index contributed by atoms with van der Waals surface area (Å²) in [4.78, 5) is 16.8. The molecule has 92 valence electrons. The Labute approximate surface area is 101 Å². The molecule has 17 heavy (non-hydrogen) atoms. The Kier molecular flexibility index (Phi) is 3.26. The van der Waals surface area contributed by atoms with Crippen LogP contribution in [0.4, 0.5) is 11.5 Å². The molecule has 0 radical (unpaired) electrons. The van der Waals surface area contributed by atoms with Gasteiger partial charge in [-0.2, -0.15) is 0 Å². The third-order valence-corrected chi connectivity index (χ3v) is 3.13. The smallest absolute Gasteiger partial charge is 0.311 e. The number of hydrogen-bond acceptors (Lipinski definition) is 4. The van der Waals surface area contributed by atoms with Crippen LogP contribution in [0.3, 0.4) is 0 Å². The average Bonchev–Trinajstić information content (AvgIpc) is 2.27. The zero-order valence-electron chi connectivity index (χ0n) is 10.2. The molecule has 0 amide bonds. The fraction of sp³-hybridized carbons (Fsp3) is 0.583. The highest BCUT2D eigenvalue weighted by Gasteiger charge is 2.27. The van der Waals surface area contributed by atoms with E-state index in [-0.39, 0.29) is 10.6 Å². The Balaban J connectivity index is 2.30. The fourth-order valence-electron chi connectivity index (χ4n) is 2.61. The first-order chi connectivity index (χ1) is 8.08. The number of piperidine rings is 1. The van der Waals surface area contributed by atoms with Gasteiger partial charge in [-0.25, -0.2) is 4.98 Å². The number of aromatic nitrogens is 1. The number of anilines is 1. The molecular weight excluding hydrogens is 218 g/mol. The summed E-state index contributed by atoms with van der Waals surface area (Å²) in [5.74, 6) is 1.62. The van der Waals surface area contributed by atoms with Gasteiger partial charge in [0.15, 0.2) is 0 Å². The van der Waals surface area contributed by atoms with Crippen molar-refractivity contribution in [1.29, 1.82) is 0 Å². The van der Waals surface area contributed by atoms with Crippen LogP contribution in [0.2, 0.25) is 0 Å². The molecule has 2 rings (SSSR count). The van der Waals surface area contributed by atoms with E-state index in [1.807, 2.05) is 4.90 Å². The SMILES string of the molecule is C[C@H]1C[C@H](C)CN(c2ncccc2[N+](=O)[O-])C1. The van der Waals surface area contributed by atoms with Crippen LogP contribution < -0.4 is 4.90 Å². The van der Waals surface area contributed by atoms with Crippen molar-refractivity contribution in [2.75, 3.05) is 18.0 Å². The third-order valence-electron chi connectivity index (χ3n) is 3.13. The van der Waals surface area contributed by atoms with Gasteiger partial charge in [-0.1, -0.05) is 13.8 Å². The first kappa shape index (κ1) is 11.8. The van der Waals surface area contributed by atoms with E-state index in [1.54, 1.807) is 12.3 Å². The van der Waals surface area contributed by atoms with Crippen LogP contribution in [-0.2, 0) is 0 Å². The van der Waals surface area contributed by atoms with Gasteiger partial charge in [-0.3, -0.25) is 10.1 Å². The van der Waals surface area contributed by atoms with Crippen molar-refractivity contribution >= 4 is 11.5 Å². The molecule has 1 aromatic heterocycles. The molecule has 5 heteroatoms. The first-order valence-electron chi connectivity index (χ1n) is 5.92. The summed E-state index contributed by atoms with van der Waals surface area (Å²) in [6.07, 6.45) is 2.80. The highest BCUT2D eigenvalue weighted by Crippen LogP contribution is 2.30. The Bertz CT molecular complexity index is 412. The Morgan fingerprint density at radius 3 is 2.65 bits per heavy atom. The zero-order valence-corrected chi connectivity index (χ0v) is 10.2. The highest BCUT2D eigenvalue weighted by molar-refractivity contribution is 5.57. The molecule has 0 unspecified atom stereocenters. The lowest BCUT2D eigenvalue weighted by atomic mass is 9.92. The second-order valence-corrected chi connectivity index (χ2v) is 4.95. The van der Waals surface area contributed by atoms with Gasteiger partial charge < -0.3 is 4.90 Å². The molecule has 0 spiro atoms. The summed E-state index contributed by atoms with van der Waals surface area (Å²) in [7, 11) is 0. The van der Waals surface area contributed by atoms with E-state index < -0.39 is 0 Å². The van der Waals surface area contributed by atoms with Crippen molar-refractivity contribution in [3.63, 3.8) is 0 Å². The molecule has 1 aromatic rings. The maximum atomic E-state index is 11.0. The first-order valence-corrected chi connectivity index (χ1v) is 5.92. The lowest BCUT2D eigenvalue weighted by Crippen LogP contribution is -2.39. The van der Waals surface area contributed by atoms with Gasteiger partial charge in [0.2, 0.25) is 5.82 Å². The van der Waals surface area contributed by atoms with Crippen molar-refractivity contribution in [1.82, 2.24) is 4.98 Å². The van der Waals surface area contributed by atoms with Gasteiger partial charge in [0.05, 0.1) is 4.92 Å². The molecule has 1 fully saturated rings. The number of nitro groups is 1. The summed E-state index contributed by atoms with van der Waals surface area (Å²) in [6.45, 7) is 6.05. The number of hydrogen-bond donors (Lipinski definition) is 0. The second-order valence-electron chi connectivity index (χ2n) is 4.95. The Hall–Kier alpha value is -1.65. The lowest BCUT2D eigenvalue weighted by molar-refractivity contribution is -0.384. The predicted octanol–water partition coefficient (Wildman–Crippen LogP) is 2.47. The van der Waals surface area contributed by atoms with Crippen molar-refractivity contribution in [2.24, 2.45) is 11.8 Å². The summed E-state index contributed by atoms with van der Waals surface area (Å²) in [5, 5.41) is 11.0. The molecule has 1 aliphatic rings. The quantitative estimate of drug-likeness (QED) is 0.583. The van der Waals surface area contributed by atoms with E-state index in [4.69, 9.17) is 0 Å². The molecule has 1 aliphatic heterocycles. The number of rotatable bonds is 2. The Morgan fingerprint density at radius 2 is 2.06 bits per heavy atom. The van der Waals surface area contributed by atoms with Crippen LogP contribution >= 0.6 is 0 Å². The average molecular weight is 235 g/mol. The fourth-order valence-corrected chi connectivity index (χ4v) is 2.61. The van der Waals surface area contributed by atoms with E-state index in [2.05, 4.69) is 18.8 Å². The largest absolute Gasteiger partial charge is 0.350 e. The highest BCUT2D eigenvalue weighted by atomic mass is 16.6. The maximum absolute atomic E-state index is 11.0. The molecule has 1 saturated heterocycles. The predicted molar refractivity (Wildman–Crippen MR) is 66.0 cm³/mol. The van der Waals surface area contributed by atoms with Crippen LogP contribution in [0.25, 0.3) is 0 Å². The van der Waals surface area contributed by atoms with Crippen LogP contribution in [0.5, 0.6) is 0 Å². The number of pyridine rings is 1. The van der Waals surface area contributed by atoms with Gasteiger partial charge in [0, 0.05) is 25.4 Å². The van der Waals surface area contributed by atoms with Gasteiger partial charge in [-0.05, 0) is 24.3 Å². The molecule has 5 nitrogen and oxygen atoms in total. The van der Waals surface area contributed by atoms with Crippen molar-refractivity contribution in [2.45, 2.75) is 20.3 Å². The topological polar surface area (TPSA) is 59.3 Å². The van der Waals surface area contributed by atoms with Gasteiger partial charge in [-0.15, -0.1) is 0 Å². The van der Waals surface area contributed by atoms with Crippen molar-refractivity contribution in [3.8, 4) is 0 Å². The molecule has 0 saturated carbocycles. The monoisotopic (exact) mass is 235 g/mol. The van der Waals surface area contributed by atoms with E-state index in [1.165, 1.54) is 12.5 Å². The molecule has 0 aliphatic carbocycles. The summed E-state index contributed by atoms with van der Waals surface area (Å²) >= 11 is 0. The molecule has 2 atom stereocenters. The maximum Gasteiger partial charge on any atom is 0.311 e. The van der Waals surface area contributed by atoms with Gasteiger partial charge >= 0.3 is 5.69 Å². The number of nitrogens with zero attached hydrogens (tertiary/aromatic N) is 3. The van der Waals surface area contributed by atoms with Gasteiger partial charge in [0.1, 0.15) is 0 Å². The third kappa shape index (κ3) is 2.54. The minimum absolute atomic E-state index is 0.105. The van der Waals surface area contributed by atoms with Crippen LogP contribution in [0.1, 0.15) is 20.3 Å². The summed E-state index contributed by atoms with van der Waals surface area (Å²) < 4.78 is 0. The molecule has 0 bridgehead atoms. The molecule has 0 aromatic carbocycles. The van der Waals surface area contributed by atoms with Crippen LogP contribution in [-0.4, -0.2) is 23.0 Å². The summed E-state index contributed by atoms with van der Waals surface area (Å²) in [6, 6.07) is 3.13. The minimum atomic E-state index is -0.355. The van der Waals surface area contributed by atoms with Crippen molar-refractivity contribution < 1.29 is 4.92 Å². The van der Waals surface area contributed by atoms with Crippen LogP contribution in [0, 0.1) is 22.0 Å². The summed E-state index contributed by atoms with van der Waals surface area (Å²) in [5.41, 5.74) is 0.105. The Morgan fingerprint density at radius 1 is 1.41 bits per heavy atom. The van der Waals surface area contributed by atoms with Crippen molar-refractivity contribution in [3.05, 3.63) is 28.4 Å². The van der Waals surface area contributed by atoms with E-state index in [0.717, 1.165) is 13.1 Å². The zero-order chi connectivity index (χ0) is 12.4.